The molecular weight excluding hydrogens is 252 g/mol. The van der Waals surface area contributed by atoms with Gasteiger partial charge >= 0.3 is 0 Å². The molecule has 1 amide bonds. The summed E-state index contributed by atoms with van der Waals surface area (Å²) in [4.78, 5) is 11.6. The topological polar surface area (TPSA) is 64.3 Å². The van der Waals surface area contributed by atoms with E-state index in [1.165, 1.54) is 0 Å². The Morgan fingerprint density at radius 1 is 1.20 bits per heavy atom. The minimum Gasteiger partial charge on any atom is -0.484 e. The van der Waals surface area contributed by atoms with Crippen molar-refractivity contribution in [3.63, 3.8) is 0 Å². The zero-order chi connectivity index (χ0) is 14.6. The number of rotatable bonds is 5. The van der Waals surface area contributed by atoms with Crippen LogP contribution < -0.4 is 15.8 Å². The molecule has 0 bridgehead atoms. The van der Waals surface area contributed by atoms with Crippen LogP contribution in [0, 0.1) is 0 Å². The Bertz CT molecular complexity index is 603. The van der Waals surface area contributed by atoms with Crippen molar-refractivity contribution < 1.29 is 9.53 Å². The molecule has 0 spiro atoms. The summed E-state index contributed by atoms with van der Waals surface area (Å²) in [6.07, 6.45) is 0. The molecule has 0 saturated heterocycles. The van der Waals surface area contributed by atoms with Gasteiger partial charge in [-0.25, -0.2) is 0 Å². The number of amides is 1. The Balaban J connectivity index is 1.90. The van der Waals surface area contributed by atoms with Gasteiger partial charge in [0.15, 0.2) is 6.61 Å². The van der Waals surface area contributed by atoms with E-state index in [4.69, 9.17) is 10.5 Å². The van der Waals surface area contributed by atoms with Crippen molar-refractivity contribution in [3.8, 4) is 5.75 Å². The molecular formula is C16H20N2O2. The van der Waals surface area contributed by atoms with Crippen LogP contribution in [0.4, 0.5) is 0 Å². The molecule has 106 valence electrons. The first-order valence-electron chi connectivity index (χ1n) is 6.61. The average Bonchev–Trinajstić information content (AvgIpc) is 2.42. The number of hydrogen-bond donors (Lipinski definition) is 2. The second-order valence-corrected chi connectivity index (χ2v) is 5.56. The third-order valence-corrected chi connectivity index (χ3v) is 2.83. The molecule has 2 aromatic rings. The fraction of sp³-hybridized carbons (Fsp3) is 0.312. The summed E-state index contributed by atoms with van der Waals surface area (Å²) in [6.45, 7) is 4.14. The maximum absolute atomic E-state index is 11.6. The number of ether oxygens (including phenoxy) is 1. The highest BCUT2D eigenvalue weighted by Gasteiger charge is 2.12. The largest absolute Gasteiger partial charge is 0.484 e. The molecule has 0 fully saturated rings. The number of hydrogen-bond acceptors (Lipinski definition) is 3. The number of nitrogens with two attached hydrogens (primary N) is 1. The van der Waals surface area contributed by atoms with E-state index in [2.05, 4.69) is 5.32 Å². The fourth-order valence-corrected chi connectivity index (χ4v) is 1.78. The maximum atomic E-state index is 11.6. The summed E-state index contributed by atoms with van der Waals surface area (Å²) in [5.74, 6) is 0.516. The van der Waals surface area contributed by atoms with Gasteiger partial charge in [-0.2, -0.15) is 0 Å². The molecule has 0 aliphatic carbocycles. The number of carbonyl (C=O) groups is 1. The van der Waals surface area contributed by atoms with Crippen LogP contribution in [-0.2, 0) is 4.79 Å². The van der Waals surface area contributed by atoms with Gasteiger partial charge in [0, 0.05) is 12.1 Å². The average molecular weight is 272 g/mol. The van der Waals surface area contributed by atoms with Crippen LogP contribution in [0.1, 0.15) is 13.8 Å². The quantitative estimate of drug-likeness (QED) is 0.875. The number of benzene rings is 2. The summed E-state index contributed by atoms with van der Waals surface area (Å²) < 4.78 is 5.49. The first-order chi connectivity index (χ1) is 9.44. The Kier molecular flexibility index (Phi) is 4.25. The van der Waals surface area contributed by atoms with Crippen LogP contribution in [0.25, 0.3) is 10.8 Å². The summed E-state index contributed by atoms with van der Waals surface area (Å²) >= 11 is 0. The molecule has 0 aliphatic heterocycles. The third kappa shape index (κ3) is 4.24. The molecule has 4 nitrogen and oxygen atoms in total. The molecule has 0 atom stereocenters. The minimum absolute atomic E-state index is 0.00554. The molecule has 20 heavy (non-hydrogen) atoms. The van der Waals surface area contributed by atoms with Crippen LogP contribution in [-0.4, -0.2) is 24.6 Å². The van der Waals surface area contributed by atoms with Gasteiger partial charge in [0.2, 0.25) is 0 Å². The van der Waals surface area contributed by atoms with Crippen LogP contribution >= 0.6 is 0 Å². The second kappa shape index (κ2) is 5.92. The van der Waals surface area contributed by atoms with Crippen molar-refractivity contribution >= 4 is 16.7 Å². The van der Waals surface area contributed by atoms with Crippen molar-refractivity contribution in [2.45, 2.75) is 19.4 Å². The van der Waals surface area contributed by atoms with Crippen molar-refractivity contribution in [1.29, 1.82) is 0 Å². The Hall–Kier alpha value is -2.07. The Morgan fingerprint density at radius 2 is 1.90 bits per heavy atom. The van der Waals surface area contributed by atoms with E-state index >= 15 is 0 Å². The Labute approximate surface area is 118 Å². The van der Waals surface area contributed by atoms with Gasteiger partial charge in [0.25, 0.3) is 5.91 Å². The number of fused-ring (bicyclic) bond motifs is 1. The predicted octanol–water partition coefficient (Wildman–Crippen LogP) is 2.07. The van der Waals surface area contributed by atoms with Crippen LogP contribution in [0.3, 0.4) is 0 Å². The zero-order valence-electron chi connectivity index (χ0n) is 11.8. The van der Waals surface area contributed by atoms with Gasteiger partial charge in [-0.3, -0.25) is 4.79 Å². The standard InChI is InChI=1S/C16H20N2O2/c1-16(2,17)11-18-15(19)10-20-14-8-7-12-5-3-4-6-13(12)9-14/h3-9H,10-11,17H2,1-2H3,(H,18,19). The highest BCUT2D eigenvalue weighted by molar-refractivity contribution is 5.84. The van der Waals surface area contributed by atoms with Gasteiger partial charge in [0.05, 0.1) is 0 Å². The summed E-state index contributed by atoms with van der Waals surface area (Å²) in [6, 6.07) is 13.8. The van der Waals surface area contributed by atoms with E-state index in [-0.39, 0.29) is 12.5 Å². The summed E-state index contributed by atoms with van der Waals surface area (Å²) in [5, 5.41) is 4.98. The molecule has 0 aliphatic rings. The number of nitrogens with one attached hydrogen (secondary N) is 1. The van der Waals surface area contributed by atoms with Gasteiger partial charge in [0.1, 0.15) is 5.75 Å². The van der Waals surface area contributed by atoms with Crippen molar-refractivity contribution in [3.05, 3.63) is 42.5 Å². The Morgan fingerprint density at radius 3 is 2.60 bits per heavy atom. The maximum Gasteiger partial charge on any atom is 0.258 e. The van der Waals surface area contributed by atoms with Gasteiger partial charge in [-0.05, 0) is 36.8 Å². The molecule has 0 unspecified atom stereocenters. The van der Waals surface area contributed by atoms with Gasteiger partial charge in [-0.1, -0.05) is 30.3 Å². The second-order valence-electron chi connectivity index (χ2n) is 5.56. The van der Waals surface area contributed by atoms with E-state index in [0.29, 0.717) is 12.3 Å². The van der Waals surface area contributed by atoms with Gasteiger partial charge in [-0.15, -0.1) is 0 Å². The molecule has 0 saturated carbocycles. The molecule has 2 aromatic carbocycles. The lowest BCUT2D eigenvalue weighted by molar-refractivity contribution is -0.123. The van der Waals surface area contributed by atoms with E-state index in [1.807, 2.05) is 56.3 Å². The molecule has 2 rings (SSSR count). The van der Waals surface area contributed by atoms with Gasteiger partial charge < -0.3 is 15.8 Å². The van der Waals surface area contributed by atoms with Crippen molar-refractivity contribution in [2.75, 3.05) is 13.2 Å². The summed E-state index contributed by atoms with van der Waals surface area (Å²) in [5.41, 5.74) is 5.38. The lowest BCUT2D eigenvalue weighted by Crippen LogP contribution is -2.46. The van der Waals surface area contributed by atoms with E-state index in [1.54, 1.807) is 0 Å². The van der Waals surface area contributed by atoms with Crippen molar-refractivity contribution in [2.24, 2.45) is 5.73 Å². The molecule has 3 N–H and O–H groups in total. The van der Waals surface area contributed by atoms with Crippen molar-refractivity contribution in [1.82, 2.24) is 5.32 Å². The molecule has 0 radical (unpaired) electrons. The first kappa shape index (κ1) is 14.3. The normalized spacial score (nSPS) is 11.3. The smallest absolute Gasteiger partial charge is 0.258 e. The van der Waals surface area contributed by atoms with E-state index in [0.717, 1.165) is 10.8 Å². The molecule has 0 aromatic heterocycles. The van der Waals surface area contributed by atoms with E-state index < -0.39 is 5.54 Å². The highest BCUT2D eigenvalue weighted by Crippen LogP contribution is 2.20. The molecule has 4 heteroatoms. The fourth-order valence-electron chi connectivity index (χ4n) is 1.78. The monoisotopic (exact) mass is 272 g/mol. The van der Waals surface area contributed by atoms with E-state index in [9.17, 15) is 4.79 Å². The minimum atomic E-state index is -0.418. The molecule has 0 heterocycles. The first-order valence-corrected chi connectivity index (χ1v) is 6.61. The highest BCUT2D eigenvalue weighted by atomic mass is 16.5. The lowest BCUT2D eigenvalue weighted by Gasteiger charge is -2.18. The van der Waals surface area contributed by atoms with Crippen LogP contribution in [0.5, 0.6) is 5.75 Å². The third-order valence-electron chi connectivity index (χ3n) is 2.83. The van der Waals surface area contributed by atoms with Crippen LogP contribution in [0.2, 0.25) is 0 Å². The SMILES string of the molecule is CC(C)(N)CNC(=O)COc1ccc2ccccc2c1. The van der Waals surface area contributed by atoms with Crippen LogP contribution in [0.15, 0.2) is 42.5 Å². The lowest BCUT2D eigenvalue weighted by atomic mass is 10.1. The summed E-state index contributed by atoms with van der Waals surface area (Å²) in [7, 11) is 0. The zero-order valence-corrected chi connectivity index (χ0v) is 11.8. The number of carbonyl (C=O) groups excluding carboxylic acids is 1. The predicted molar refractivity (Wildman–Crippen MR) is 80.7 cm³/mol.